The standard InChI is InChI=1S/C22H22N2O9/c1-6-33-18-11-9-7-8-10-12(11)24-16(22(28)32-5)14(20(26)30-3)13(19(25)29-2)15(17(24)23-18)21(27)31-4/h7-10,17H,6H2,1-5H3. The van der Waals surface area contributed by atoms with E-state index in [2.05, 4.69) is 4.99 Å². The molecule has 33 heavy (non-hydrogen) atoms. The van der Waals surface area contributed by atoms with Crippen molar-refractivity contribution in [2.45, 2.75) is 13.1 Å². The van der Waals surface area contributed by atoms with E-state index in [0.29, 0.717) is 11.3 Å². The van der Waals surface area contributed by atoms with Gasteiger partial charge in [0.2, 0.25) is 5.90 Å². The zero-order chi connectivity index (χ0) is 24.3. The number of carbonyl (C=O) groups is 4. The molecule has 1 unspecified atom stereocenters. The van der Waals surface area contributed by atoms with Gasteiger partial charge in [-0.25, -0.2) is 24.2 Å². The minimum Gasteiger partial charge on any atom is -0.478 e. The number of ether oxygens (including phenoxy) is 5. The number of fused-ring (bicyclic) bond motifs is 3. The highest BCUT2D eigenvalue weighted by molar-refractivity contribution is 6.19. The molecule has 1 aromatic carbocycles. The van der Waals surface area contributed by atoms with Gasteiger partial charge in [0, 0.05) is 0 Å². The van der Waals surface area contributed by atoms with Crippen LogP contribution in [0.25, 0.3) is 0 Å². The highest BCUT2D eigenvalue weighted by Crippen LogP contribution is 2.42. The number of rotatable bonds is 5. The predicted octanol–water partition coefficient (Wildman–Crippen LogP) is 0.872. The molecule has 0 aliphatic carbocycles. The molecule has 0 radical (unpaired) electrons. The summed E-state index contributed by atoms with van der Waals surface area (Å²) < 4.78 is 25.2. The molecule has 1 aromatic rings. The average Bonchev–Trinajstić information content (AvgIpc) is 2.85. The van der Waals surface area contributed by atoms with E-state index in [4.69, 9.17) is 23.7 Å². The molecule has 1 atom stereocenters. The van der Waals surface area contributed by atoms with Crippen LogP contribution in [0.5, 0.6) is 0 Å². The van der Waals surface area contributed by atoms with E-state index < -0.39 is 41.2 Å². The third kappa shape index (κ3) is 3.81. The highest BCUT2D eigenvalue weighted by atomic mass is 16.5. The Labute approximate surface area is 189 Å². The first-order valence-corrected chi connectivity index (χ1v) is 9.77. The van der Waals surface area contributed by atoms with E-state index in [0.717, 1.165) is 28.4 Å². The maximum atomic E-state index is 13.0. The number of hydrogen-bond donors (Lipinski definition) is 0. The molecule has 0 saturated carbocycles. The summed E-state index contributed by atoms with van der Waals surface area (Å²) in [6, 6.07) is 6.77. The Bertz CT molecular complexity index is 1120. The van der Waals surface area contributed by atoms with Crippen molar-refractivity contribution in [1.82, 2.24) is 0 Å². The Hall–Kier alpha value is -4.15. The van der Waals surface area contributed by atoms with Gasteiger partial charge in [0.15, 0.2) is 6.17 Å². The summed E-state index contributed by atoms with van der Waals surface area (Å²) in [5.41, 5.74) is -0.840. The Morgan fingerprint density at radius 3 is 2.00 bits per heavy atom. The van der Waals surface area contributed by atoms with Crippen LogP contribution < -0.4 is 4.90 Å². The molecule has 0 aromatic heterocycles. The molecule has 0 spiro atoms. The third-order valence-corrected chi connectivity index (χ3v) is 4.98. The topological polar surface area (TPSA) is 130 Å². The van der Waals surface area contributed by atoms with Gasteiger partial charge in [-0.05, 0) is 19.1 Å². The van der Waals surface area contributed by atoms with E-state index >= 15 is 0 Å². The number of nitrogens with zero attached hydrogens (tertiary/aromatic N) is 2. The van der Waals surface area contributed by atoms with Gasteiger partial charge in [0.25, 0.3) is 0 Å². The van der Waals surface area contributed by atoms with Crippen molar-refractivity contribution in [2.24, 2.45) is 4.99 Å². The molecule has 3 rings (SSSR count). The largest absolute Gasteiger partial charge is 0.478 e. The van der Waals surface area contributed by atoms with Crippen LogP contribution in [0.15, 0.2) is 51.7 Å². The number of hydrogen-bond acceptors (Lipinski definition) is 11. The average molecular weight is 458 g/mol. The lowest BCUT2D eigenvalue weighted by Crippen LogP contribution is -2.49. The lowest BCUT2D eigenvalue weighted by Gasteiger charge is -2.40. The molecular formula is C22H22N2O9. The molecule has 0 fully saturated rings. The zero-order valence-corrected chi connectivity index (χ0v) is 18.7. The predicted molar refractivity (Wildman–Crippen MR) is 113 cm³/mol. The van der Waals surface area contributed by atoms with Gasteiger partial charge in [0.1, 0.15) is 11.3 Å². The van der Waals surface area contributed by atoms with E-state index in [-0.39, 0.29) is 23.8 Å². The molecule has 2 aliphatic heterocycles. The summed E-state index contributed by atoms with van der Waals surface area (Å²) >= 11 is 0. The third-order valence-electron chi connectivity index (χ3n) is 4.98. The molecular weight excluding hydrogens is 436 g/mol. The number of anilines is 1. The second-order valence-electron chi connectivity index (χ2n) is 6.61. The molecule has 2 heterocycles. The first-order chi connectivity index (χ1) is 15.9. The molecule has 11 nitrogen and oxygen atoms in total. The number of aliphatic imine (C=N–C) groups is 1. The van der Waals surface area contributed by atoms with Crippen LogP contribution in [-0.4, -0.2) is 71.0 Å². The van der Waals surface area contributed by atoms with Gasteiger partial charge < -0.3 is 28.6 Å². The minimum atomic E-state index is -1.30. The van der Waals surface area contributed by atoms with Crippen molar-refractivity contribution in [2.75, 3.05) is 39.9 Å². The Balaban J connectivity index is 2.52. The molecule has 174 valence electrons. The van der Waals surface area contributed by atoms with Crippen LogP contribution in [0, 0.1) is 0 Å². The van der Waals surface area contributed by atoms with Crippen LogP contribution >= 0.6 is 0 Å². The SMILES string of the molecule is CCOC1=NC2C(C(=O)OC)=C(C(=O)OC)C(C(=O)OC)=C(C(=O)OC)N2c2ccccc21. The molecule has 0 bridgehead atoms. The summed E-state index contributed by atoms with van der Waals surface area (Å²) in [4.78, 5) is 57.4. The monoisotopic (exact) mass is 458 g/mol. The Morgan fingerprint density at radius 1 is 0.848 bits per heavy atom. The van der Waals surface area contributed by atoms with Crippen LogP contribution in [0.4, 0.5) is 5.69 Å². The summed E-state index contributed by atoms with van der Waals surface area (Å²) in [6.07, 6.45) is -1.30. The van der Waals surface area contributed by atoms with Gasteiger partial charge in [-0.15, -0.1) is 0 Å². The molecule has 11 heteroatoms. The molecule has 0 amide bonds. The zero-order valence-electron chi connectivity index (χ0n) is 18.7. The fourth-order valence-corrected chi connectivity index (χ4v) is 3.65. The van der Waals surface area contributed by atoms with Crippen LogP contribution in [0.2, 0.25) is 0 Å². The second kappa shape index (κ2) is 9.55. The van der Waals surface area contributed by atoms with Crippen molar-refractivity contribution < 1.29 is 42.9 Å². The molecule has 0 N–H and O–H groups in total. The minimum absolute atomic E-state index is 0.172. The van der Waals surface area contributed by atoms with Crippen LogP contribution in [0.1, 0.15) is 12.5 Å². The van der Waals surface area contributed by atoms with E-state index in [9.17, 15) is 19.2 Å². The van der Waals surface area contributed by atoms with Crippen molar-refractivity contribution >= 4 is 35.5 Å². The quantitative estimate of drug-likeness (QED) is 0.463. The summed E-state index contributed by atoms with van der Waals surface area (Å²) in [6.45, 7) is 2.01. The number of para-hydroxylation sites is 1. The van der Waals surface area contributed by atoms with Crippen molar-refractivity contribution in [3.63, 3.8) is 0 Å². The van der Waals surface area contributed by atoms with E-state index in [1.807, 2.05) is 0 Å². The first kappa shape index (κ1) is 23.5. The summed E-state index contributed by atoms with van der Waals surface area (Å²) in [5, 5.41) is 0. The van der Waals surface area contributed by atoms with Crippen molar-refractivity contribution in [3.8, 4) is 0 Å². The summed E-state index contributed by atoms with van der Waals surface area (Å²) in [5.74, 6) is -3.88. The van der Waals surface area contributed by atoms with Gasteiger partial charge >= 0.3 is 23.9 Å². The van der Waals surface area contributed by atoms with Gasteiger partial charge in [-0.3, -0.25) is 0 Å². The normalized spacial score (nSPS) is 16.8. The number of esters is 4. The Kier molecular flexibility index (Phi) is 6.80. The maximum Gasteiger partial charge on any atom is 0.355 e. The number of methoxy groups -OCH3 is 4. The van der Waals surface area contributed by atoms with Gasteiger partial charge in [-0.2, -0.15) is 0 Å². The van der Waals surface area contributed by atoms with Crippen molar-refractivity contribution in [1.29, 1.82) is 0 Å². The Morgan fingerprint density at radius 2 is 1.42 bits per heavy atom. The number of carbonyl (C=O) groups excluding carboxylic acids is 4. The number of benzene rings is 1. The highest BCUT2D eigenvalue weighted by Gasteiger charge is 2.49. The molecule has 0 saturated heterocycles. The first-order valence-electron chi connectivity index (χ1n) is 9.77. The maximum absolute atomic E-state index is 13.0. The van der Waals surface area contributed by atoms with Gasteiger partial charge in [0.05, 0.1) is 57.4 Å². The fourth-order valence-electron chi connectivity index (χ4n) is 3.65. The second-order valence-corrected chi connectivity index (χ2v) is 6.61. The van der Waals surface area contributed by atoms with Crippen molar-refractivity contribution in [3.05, 3.63) is 52.2 Å². The fraction of sp³-hybridized carbons (Fsp3) is 0.318. The lowest BCUT2D eigenvalue weighted by molar-refractivity contribution is -0.142. The summed E-state index contributed by atoms with van der Waals surface area (Å²) in [7, 11) is 4.35. The van der Waals surface area contributed by atoms with E-state index in [1.165, 1.54) is 4.90 Å². The smallest absolute Gasteiger partial charge is 0.355 e. The van der Waals surface area contributed by atoms with Crippen LogP contribution in [0.3, 0.4) is 0 Å². The van der Waals surface area contributed by atoms with Gasteiger partial charge in [-0.1, -0.05) is 12.1 Å². The van der Waals surface area contributed by atoms with E-state index in [1.54, 1.807) is 31.2 Å². The molecule has 2 aliphatic rings. The van der Waals surface area contributed by atoms with Crippen LogP contribution in [-0.2, 0) is 42.9 Å². The lowest BCUT2D eigenvalue weighted by atomic mass is 9.88.